The number of guanidine groups is 1. The second-order valence-electron chi connectivity index (χ2n) is 7.20. The standard InChI is InChI=1S/C22H27ClN6O4/c1-3-33-21(31)19(13-32-2)24-18(20(30)25-22-26-28-29-27-22)11-14-7-9-15(10-8-14)16-5-4-6-17(23)12-16/h4-10,12,18-19,24,28-29H,3,11,13H2,1-2H3,(H2,25,26,27,30)/t18-,19-/m0/s1. The Morgan fingerprint density at radius 3 is 2.55 bits per heavy atom. The largest absolute Gasteiger partial charge is 0.465 e. The van der Waals surface area contributed by atoms with Crippen molar-refractivity contribution in [2.24, 2.45) is 5.10 Å². The van der Waals surface area contributed by atoms with Crippen molar-refractivity contribution in [3.8, 4) is 11.1 Å². The van der Waals surface area contributed by atoms with Gasteiger partial charge in [-0.2, -0.15) is 0 Å². The van der Waals surface area contributed by atoms with Crippen LogP contribution in [-0.4, -0.2) is 50.2 Å². The van der Waals surface area contributed by atoms with Gasteiger partial charge in [-0.15, -0.1) is 10.6 Å². The molecule has 2 aromatic rings. The normalized spacial score (nSPS) is 14.5. The average molecular weight is 475 g/mol. The Hall–Kier alpha value is -3.18. The van der Waals surface area contributed by atoms with Crippen LogP contribution in [0.25, 0.3) is 11.1 Å². The van der Waals surface area contributed by atoms with Gasteiger partial charge in [0.1, 0.15) is 6.04 Å². The third-order valence-corrected chi connectivity index (χ3v) is 5.06. The minimum Gasteiger partial charge on any atom is -0.465 e. The van der Waals surface area contributed by atoms with Gasteiger partial charge < -0.3 is 9.47 Å². The van der Waals surface area contributed by atoms with Crippen LogP contribution in [0.4, 0.5) is 0 Å². The second kappa shape index (κ2) is 12.2. The number of methoxy groups -OCH3 is 1. The van der Waals surface area contributed by atoms with Crippen molar-refractivity contribution in [2.75, 3.05) is 20.3 Å². The van der Waals surface area contributed by atoms with Gasteiger partial charge in [0.15, 0.2) is 0 Å². The molecule has 1 aliphatic rings. The molecule has 10 nitrogen and oxygen atoms in total. The van der Waals surface area contributed by atoms with Crippen LogP contribution < -0.4 is 27.1 Å². The molecule has 0 saturated heterocycles. The molecule has 2 aromatic carbocycles. The van der Waals surface area contributed by atoms with E-state index in [9.17, 15) is 9.59 Å². The van der Waals surface area contributed by atoms with Crippen LogP contribution in [0.5, 0.6) is 0 Å². The van der Waals surface area contributed by atoms with E-state index in [2.05, 4.69) is 32.2 Å². The smallest absolute Gasteiger partial charge is 0.325 e. The lowest BCUT2D eigenvalue weighted by Gasteiger charge is -2.24. The molecule has 0 fully saturated rings. The first kappa shape index (κ1) is 24.5. The highest BCUT2D eigenvalue weighted by Crippen LogP contribution is 2.23. The highest BCUT2D eigenvalue weighted by molar-refractivity contribution is 6.30. The number of rotatable bonds is 10. The minimum absolute atomic E-state index is 0.0542. The number of nitrogens with one attached hydrogen (secondary N) is 5. The third-order valence-electron chi connectivity index (χ3n) is 4.82. The third kappa shape index (κ3) is 7.16. The molecular weight excluding hydrogens is 448 g/mol. The molecule has 0 aliphatic carbocycles. The van der Waals surface area contributed by atoms with Crippen molar-refractivity contribution in [1.82, 2.24) is 27.1 Å². The van der Waals surface area contributed by atoms with Crippen LogP contribution in [-0.2, 0) is 25.5 Å². The molecule has 0 unspecified atom stereocenters. The molecule has 0 aromatic heterocycles. The molecule has 3 rings (SSSR count). The van der Waals surface area contributed by atoms with E-state index < -0.39 is 18.1 Å². The number of hydrazine groups is 2. The Bertz CT molecular complexity index is 985. The Labute approximate surface area is 197 Å². The first-order valence-electron chi connectivity index (χ1n) is 10.4. The highest BCUT2D eigenvalue weighted by Gasteiger charge is 2.28. The Balaban J connectivity index is 1.77. The van der Waals surface area contributed by atoms with E-state index in [4.69, 9.17) is 21.1 Å². The van der Waals surface area contributed by atoms with Crippen LogP contribution in [0.1, 0.15) is 12.5 Å². The minimum atomic E-state index is -0.814. The van der Waals surface area contributed by atoms with E-state index >= 15 is 0 Å². The number of hydrazone groups is 1. The van der Waals surface area contributed by atoms with Gasteiger partial charge in [0, 0.05) is 12.1 Å². The summed E-state index contributed by atoms with van der Waals surface area (Å²) in [5.41, 5.74) is 10.6. The number of amides is 1. The summed E-state index contributed by atoms with van der Waals surface area (Å²) in [5.74, 6) is -0.660. The van der Waals surface area contributed by atoms with Crippen molar-refractivity contribution in [2.45, 2.75) is 25.4 Å². The summed E-state index contributed by atoms with van der Waals surface area (Å²) in [6, 6.07) is 13.8. The maximum Gasteiger partial charge on any atom is 0.325 e. The van der Waals surface area contributed by atoms with Gasteiger partial charge in [-0.3, -0.25) is 25.6 Å². The van der Waals surface area contributed by atoms with Crippen LogP contribution in [0, 0.1) is 0 Å². The quantitative estimate of drug-likeness (QED) is 0.324. The predicted molar refractivity (Wildman–Crippen MR) is 125 cm³/mol. The summed E-state index contributed by atoms with van der Waals surface area (Å²) in [6.45, 7) is 2.00. The maximum absolute atomic E-state index is 13.0. The lowest BCUT2D eigenvalue weighted by Crippen LogP contribution is -2.56. The molecule has 0 saturated carbocycles. The summed E-state index contributed by atoms with van der Waals surface area (Å²) < 4.78 is 10.3. The molecule has 11 heteroatoms. The van der Waals surface area contributed by atoms with Crippen LogP contribution >= 0.6 is 11.6 Å². The number of hydrogen-bond acceptors (Lipinski definition) is 9. The van der Waals surface area contributed by atoms with Gasteiger partial charge in [0.25, 0.3) is 0 Å². The molecule has 176 valence electrons. The molecule has 0 spiro atoms. The molecule has 33 heavy (non-hydrogen) atoms. The second-order valence-corrected chi connectivity index (χ2v) is 7.64. The van der Waals surface area contributed by atoms with Gasteiger partial charge in [0.2, 0.25) is 11.9 Å². The predicted octanol–water partition coefficient (Wildman–Crippen LogP) is 1.09. The van der Waals surface area contributed by atoms with E-state index in [0.29, 0.717) is 11.4 Å². The lowest BCUT2D eigenvalue weighted by molar-refractivity contribution is -0.147. The molecule has 5 N–H and O–H groups in total. The summed E-state index contributed by atoms with van der Waals surface area (Å²) >= 11 is 6.10. The van der Waals surface area contributed by atoms with Gasteiger partial charge in [-0.25, -0.2) is 5.53 Å². The van der Waals surface area contributed by atoms with E-state index in [0.717, 1.165) is 16.7 Å². The number of hydrogen-bond donors (Lipinski definition) is 5. The molecule has 0 bridgehead atoms. The van der Waals surface area contributed by atoms with E-state index in [1.54, 1.807) is 6.92 Å². The SMILES string of the molecule is CCOC(=O)[C@H](COC)N[C@@H](Cc1ccc(-c2cccc(Cl)c2)cc1)C(=O)NC1=NNNN1. The Morgan fingerprint density at radius 1 is 1.12 bits per heavy atom. The molecule has 1 heterocycles. The van der Waals surface area contributed by atoms with Gasteiger partial charge in [-0.05, 0) is 42.2 Å². The zero-order valence-electron chi connectivity index (χ0n) is 18.4. The zero-order valence-corrected chi connectivity index (χ0v) is 19.1. The summed E-state index contributed by atoms with van der Waals surface area (Å²) in [4.78, 5) is 25.3. The maximum atomic E-state index is 13.0. The molecule has 0 radical (unpaired) electrons. The summed E-state index contributed by atoms with van der Waals surface area (Å²) in [7, 11) is 1.48. The topological polar surface area (TPSA) is 125 Å². The fourth-order valence-corrected chi connectivity index (χ4v) is 3.45. The molecule has 2 atom stereocenters. The number of nitrogens with zero attached hydrogens (tertiary/aromatic N) is 1. The van der Waals surface area contributed by atoms with E-state index in [1.165, 1.54) is 7.11 Å². The zero-order chi connectivity index (χ0) is 23.6. The van der Waals surface area contributed by atoms with E-state index in [1.807, 2.05) is 48.5 Å². The fourth-order valence-electron chi connectivity index (χ4n) is 3.26. The highest BCUT2D eigenvalue weighted by atomic mass is 35.5. The molecule has 1 amide bonds. The number of benzene rings is 2. The van der Waals surface area contributed by atoms with Gasteiger partial charge in [0.05, 0.1) is 19.3 Å². The number of esters is 1. The van der Waals surface area contributed by atoms with Gasteiger partial charge in [-0.1, -0.05) is 48.0 Å². The van der Waals surface area contributed by atoms with Crippen LogP contribution in [0.3, 0.4) is 0 Å². The van der Waals surface area contributed by atoms with Crippen molar-refractivity contribution in [3.05, 3.63) is 59.1 Å². The van der Waals surface area contributed by atoms with Crippen molar-refractivity contribution < 1.29 is 19.1 Å². The molecule has 1 aliphatic heterocycles. The summed E-state index contributed by atoms with van der Waals surface area (Å²) in [5, 5.41) is 10.2. The number of halogens is 1. The van der Waals surface area contributed by atoms with Crippen molar-refractivity contribution in [1.29, 1.82) is 0 Å². The Kier molecular flexibility index (Phi) is 9.02. The van der Waals surface area contributed by atoms with E-state index in [-0.39, 0.29) is 25.1 Å². The first-order valence-corrected chi connectivity index (χ1v) is 10.8. The molecular formula is C22H27ClN6O4. The fraction of sp³-hybridized carbons (Fsp3) is 0.318. The van der Waals surface area contributed by atoms with Crippen molar-refractivity contribution >= 4 is 29.4 Å². The van der Waals surface area contributed by atoms with Crippen molar-refractivity contribution in [3.63, 3.8) is 0 Å². The summed E-state index contributed by atoms with van der Waals surface area (Å²) in [6.07, 6.45) is 0.315. The number of carbonyl (C=O) groups excluding carboxylic acids is 2. The monoisotopic (exact) mass is 474 g/mol. The first-order chi connectivity index (χ1) is 16.0. The average Bonchev–Trinajstić information content (AvgIpc) is 3.32. The van der Waals surface area contributed by atoms with Crippen LogP contribution in [0.2, 0.25) is 5.02 Å². The number of carbonyl (C=O) groups is 2. The Morgan fingerprint density at radius 2 is 1.91 bits per heavy atom. The number of ether oxygens (including phenoxy) is 2. The van der Waals surface area contributed by atoms with Crippen LogP contribution in [0.15, 0.2) is 53.6 Å². The lowest BCUT2D eigenvalue weighted by atomic mass is 10.00. The van der Waals surface area contributed by atoms with Gasteiger partial charge >= 0.3 is 5.97 Å².